The third-order valence-electron chi connectivity index (χ3n) is 3.08. The number of aromatic nitrogens is 1. The molecule has 0 bridgehead atoms. The SMILES string of the molecule is CCCCCN(C)c1nc(C(C)NCCC)cs1. The Hall–Kier alpha value is -0.610. The van der Waals surface area contributed by atoms with E-state index in [-0.39, 0.29) is 0 Å². The second-order valence-electron chi connectivity index (χ2n) is 4.86. The molecule has 0 aliphatic carbocycles. The van der Waals surface area contributed by atoms with Crippen LogP contribution in [0.4, 0.5) is 5.13 Å². The molecular weight excluding hydrogens is 242 g/mol. The lowest BCUT2D eigenvalue weighted by molar-refractivity contribution is 0.560. The molecular formula is C14H27N3S. The van der Waals surface area contributed by atoms with E-state index in [1.54, 1.807) is 11.3 Å². The minimum atomic E-state index is 0.360. The predicted octanol–water partition coefficient (Wildman–Crippen LogP) is 3.83. The van der Waals surface area contributed by atoms with Gasteiger partial charge in [-0.2, -0.15) is 0 Å². The maximum Gasteiger partial charge on any atom is 0.185 e. The largest absolute Gasteiger partial charge is 0.351 e. The minimum absolute atomic E-state index is 0.360. The maximum atomic E-state index is 4.72. The van der Waals surface area contributed by atoms with Crippen molar-refractivity contribution in [2.75, 3.05) is 25.0 Å². The molecule has 0 aliphatic rings. The van der Waals surface area contributed by atoms with E-state index in [1.165, 1.54) is 25.0 Å². The number of nitrogens with one attached hydrogen (secondary N) is 1. The normalized spacial score (nSPS) is 12.7. The van der Waals surface area contributed by atoms with Crippen molar-refractivity contribution in [2.45, 2.75) is 52.5 Å². The first-order valence-electron chi connectivity index (χ1n) is 7.09. The van der Waals surface area contributed by atoms with Crippen molar-refractivity contribution in [2.24, 2.45) is 0 Å². The van der Waals surface area contributed by atoms with Gasteiger partial charge in [0.25, 0.3) is 0 Å². The van der Waals surface area contributed by atoms with Gasteiger partial charge in [-0.1, -0.05) is 26.7 Å². The van der Waals surface area contributed by atoms with Crippen molar-refractivity contribution in [1.82, 2.24) is 10.3 Å². The number of unbranched alkanes of at least 4 members (excludes halogenated alkanes) is 2. The van der Waals surface area contributed by atoms with E-state index in [0.29, 0.717) is 6.04 Å². The molecule has 3 nitrogen and oxygen atoms in total. The van der Waals surface area contributed by atoms with Gasteiger partial charge < -0.3 is 10.2 Å². The Kier molecular flexibility index (Phi) is 7.28. The van der Waals surface area contributed by atoms with Gasteiger partial charge in [0, 0.05) is 25.0 Å². The molecule has 0 fully saturated rings. The summed E-state index contributed by atoms with van der Waals surface area (Å²) in [5, 5.41) is 6.80. The summed E-state index contributed by atoms with van der Waals surface area (Å²) in [7, 11) is 2.14. The third kappa shape index (κ3) is 4.94. The maximum absolute atomic E-state index is 4.72. The standard InChI is InChI=1S/C14H27N3S/c1-5-7-8-10-17(4)14-16-13(11-18-14)12(3)15-9-6-2/h11-12,15H,5-10H2,1-4H3. The molecule has 0 aliphatic heterocycles. The molecule has 0 spiro atoms. The van der Waals surface area contributed by atoms with Crippen LogP contribution in [0.25, 0.3) is 0 Å². The van der Waals surface area contributed by atoms with E-state index < -0.39 is 0 Å². The Balaban J connectivity index is 2.46. The molecule has 4 heteroatoms. The Labute approximate surface area is 116 Å². The molecule has 1 unspecified atom stereocenters. The van der Waals surface area contributed by atoms with Crippen LogP contribution in [-0.4, -0.2) is 25.1 Å². The summed E-state index contributed by atoms with van der Waals surface area (Å²) < 4.78 is 0. The Morgan fingerprint density at radius 1 is 1.33 bits per heavy atom. The first kappa shape index (κ1) is 15.4. The molecule has 1 atom stereocenters. The average Bonchev–Trinajstić information content (AvgIpc) is 2.85. The summed E-state index contributed by atoms with van der Waals surface area (Å²) in [5.41, 5.74) is 1.17. The minimum Gasteiger partial charge on any atom is -0.351 e. The number of hydrogen-bond acceptors (Lipinski definition) is 4. The molecule has 0 saturated heterocycles. The van der Waals surface area contributed by atoms with Crippen LogP contribution < -0.4 is 10.2 Å². The zero-order valence-corrected chi connectivity index (χ0v) is 13.0. The fraction of sp³-hybridized carbons (Fsp3) is 0.786. The number of thiazole rings is 1. The van der Waals surface area contributed by atoms with E-state index in [9.17, 15) is 0 Å². The lowest BCUT2D eigenvalue weighted by atomic mass is 10.2. The van der Waals surface area contributed by atoms with Gasteiger partial charge in [-0.15, -0.1) is 11.3 Å². The van der Waals surface area contributed by atoms with E-state index in [0.717, 1.165) is 24.6 Å². The Bertz CT molecular complexity index is 325. The van der Waals surface area contributed by atoms with Gasteiger partial charge in [-0.3, -0.25) is 0 Å². The molecule has 104 valence electrons. The number of rotatable bonds is 9. The fourth-order valence-corrected chi connectivity index (χ4v) is 2.72. The first-order chi connectivity index (χ1) is 8.69. The van der Waals surface area contributed by atoms with Gasteiger partial charge in [0.2, 0.25) is 0 Å². The van der Waals surface area contributed by atoms with Crippen molar-refractivity contribution in [3.05, 3.63) is 11.1 Å². The van der Waals surface area contributed by atoms with E-state index in [2.05, 4.69) is 43.4 Å². The highest BCUT2D eigenvalue weighted by Gasteiger charge is 2.11. The Morgan fingerprint density at radius 2 is 2.11 bits per heavy atom. The van der Waals surface area contributed by atoms with Crippen LogP contribution in [-0.2, 0) is 0 Å². The molecule has 0 aromatic carbocycles. The van der Waals surface area contributed by atoms with Gasteiger partial charge in [-0.05, 0) is 26.3 Å². The van der Waals surface area contributed by atoms with Crippen molar-refractivity contribution in [1.29, 1.82) is 0 Å². The molecule has 1 aromatic rings. The monoisotopic (exact) mass is 269 g/mol. The molecule has 18 heavy (non-hydrogen) atoms. The van der Waals surface area contributed by atoms with Crippen LogP contribution in [0.3, 0.4) is 0 Å². The lowest BCUT2D eigenvalue weighted by Crippen LogP contribution is -2.21. The summed E-state index contributed by atoms with van der Waals surface area (Å²) in [6, 6.07) is 0.360. The van der Waals surface area contributed by atoms with Gasteiger partial charge >= 0.3 is 0 Å². The highest BCUT2D eigenvalue weighted by molar-refractivity contribution is 7.13. The molecule has 1 rings (SSSR count). The van der Waals surface area contributed by atoms with Crippen molar-refractivity contribution >= 4 is 16.5 Å². The van der Waals surface area contributed by atoms with Crippen molar-refractivity contribution < 1.29 is 0 Å². The van der Waals surface area contributed by atoms with Crippen LogP contribution in [0.1, 0.15) is 58.2 Å². The molecule has 1 heterocycles. The number of hydrogen-bond donors (Lipinski definition) is 1. The predicted molar refractivity (Wildman–Crippen MR) is 81.6 cm³/mol. The zero-order valence-electron chi connectivity index (χ0n) is 12.2. The summed E-state index contributed by atoms with van der Waals surface area (Å²) >= 11 is 1.75. The van der Waals surface area contributed by atoms with E-state index in [1.807, 2.05) is 0 Å². The van der Waals surface area contributed by atoms with Gasteiger partial charge in [-0.25, -0.2) is 4.98 Å². The molecule has 0 amide bonds. The van der Waals surface area contributed by atoms with Crippen LogP contribution >= 0.6 is 11.3 Å². The van der Waals surface area contributed by atoms with Crippen molar-refractivity contribution in [3.63, 3.8) is 0 Å². The fourth-order valence-electron chi connectivity index (χ4n) is 1.81. The van der Waals surface area contributed by atoms with E-state index in [4.69, 9.17) is 4.98 Å². The molecule has 0 saturated carbocycles. The first-order valence-corrected chi connectivity index (χ1v) is 7.96. The summed E-state index contributed by atoms with van der Waals surface area (Å²) in [5.74, 6) is 0. The van der Waals surface area contributed by atoms with Gasteiger partial charge in [0.1, 0.15) is 0 Å². The topological polar surface area (TPSA) is 28.2 Å². The van der Waals surface area contributed by atoms with Crippen LogP contribution in [0.5, 0.6) is 0 Å². The molecule has 0 radical (unpaired) electrons. The molecule has 1 aromatic heterocycles. The van der Waals surface area contributed by atoms with Gasteiger partial charge in [0.05, 0.1) is 5.69 Å². The van der Waals surface area contributed by atoms with Crippen LogP contribution in [0, 0.1) is 0 Å². The summed E-state index contributed by atoms with van der Waals surface area (Å²) in [4.78, 5) is 7.00. The van der Waals surface area contributed by atoms with Crippen molar-refractivity contribution in [3.8, 4) is 0 Å². The third-order valence-corrected chi connectivity index (χ3v) is 4.05. The number of nitrogens with zero attached hydrogens (tertiary/aromatic N) is 2. The summed E-state index contributed by atoms with van der Waals surface area (Å²) in [6.45, 7) is 8.78. The molecule has 1 N–H and O–H groups in total. The summed E-state index contributed by atoms with van der Waals surface area (Å²) in [6.07, 6.45) is 5.00. The van der Waals surface area contributed by atoms with E-state index >= 15 is 0 Å². The second kappa shape index (κ2) is 8.48. The Morgan fingerprint density at radius 3 is 2.78 bits per heavy atom. The van der Waals surface area contributed by atoms with Gasteiger partial charge in [0.15, 0.2) is 5.13 Å². The average molecular weight is 269 g/mol. The van der Waals surface area contributed by atoms with Crippen LogP contribution in [0.15, 0.2) is 5.38 Å². The van der Waals surface area contributed by atoms with Crippen LogP contribution in [0.2, 0.25) is 0 Å². The quantitative estimate of drug-likeness (QED) is 0.691. The highest BCUT2D eigenvalue weighted by atomic mass is 32.1. The number of anilines is 1. The smallest absolute Gasteiger partial charge is 0.185 e. The lowest BCUT2D eigenvalue weighted by Gasteiger charge is -2.15. The zero-order chi connectivity index (χ0) is 13.4. The second-order valence-corrected chi connectivity index (χ2v) is 5.70. The highest BCUT2D eigenvalue weighted by Crippen LogP contribution is 2.23.